The molecule has 0 spiro atoms. The fourth-order valence-electron chi connectivity index (χ4n) is 2.90. The zero-order chi connectivity index (χ0) is 14.3. The maximum atomic E-state index is 12.5. The number of aromatic amines is 1. The number of hydrogen-bond acceptors (Lipinski definition) is 2. The minimum atomic E-state index is -0.925. The SMILES string of the molecule is CC1CCN(C(=O)c2ccc3[nH]ccc3c2)C1C(=O)O. The molecule has 3 rings (SSSR count). The number of aliphatic carboxylic acids is 1. The number of amides is 1. The van der Waals surface area contributed by atoms with Gasteiger partial charge in [0.2, 0.25) is 0 Å². The summed E-state index contributed by atoms with van der Waals surface area (Å²) in [4.78, 5) is 28.4. The Kier molecular flexibility index (Phi) is 2.97. The third kappa shape index (κ3) is 1.95. The van der Waals surface area contributed by atoms with Crippen LogP contribution in [0.25, 0.3) is 10.9 Å². The lowest BCUT2D eigenvalue weighted by Gasteiger charge is -2.23. The molecule has 1 aromatic heterocycles. The van der Waals surface area contributed by atoms with Gasteiger partial charge in [0.15, 0.2) is 0 Å². The number of carbonyl (C=O) groups excluding carboxylic acids is 1. The second-order valence-electron chi connectivity index (χ2n) is 5.33. The van der Waals surface area contributed by atoms with Crippen LogP contribution < -0.4 is 0 Å². The molecule has 20 heavy (non-hydrogen) atoms. The molecule has 1 fully saturated rings. The van der Waals surface area contributed by atoms with Crippen LogP contribution in [0.5, 0.6) is 0 Å². The number of fused-ring (bicyclic) bond motifs is 1. The Morgan fingerprint density at radius 3 is 2.90 bits per heavy atom. The van der Waals surface area contributed by atoms with Gasteiger partial charge in [-0.15, -0.1) is 0 Å². The predicted octanol–water partition coefficient (Wildman–Crippen LogP) is 2.10. The van der Waals surface area contributed by atoms with E-state index in [1.165, 1.54) is 4.90 Å². The molecule has 104 valence electrons. The van der Waals surface area contributed by atoms with Crippen LogP contribution in [-0.2, 0) is 4.79 Å². The summed E-state index contributed by atoms with van der Waals surface area (Å²) in [6.45, 7) is 2.38. The lowest BCUT2D eigenvalue weighted by Crippen LogP contribution is -2.42. The summed E-state index contributed by atoms with van der Waals surface area (Å²) in [5.41, 5.74) is 1.50. The van der Waals surface area contributed by atoms with E-state index in [1.54, 1.807) is 12.1 Å². The van der Waals surface area contributed by atoms with Crippen molar-refractivity contribution >= 4 is 22.8 Å². The Hall–Kier alpha value is -2.30. The van der Waals surface area contributed by atoms with Gasteiger partial charge in [-0.05, 0) is 36.6 Å². The van der Waals surface area contributed by atoms with E-state index < -0.39 is 12.0 Å². The van der Waals surface area contributed by atoms with Crippen LogP contribution in [0, 0.1) is 5.92 Å². The van der Waals surface area contributed by atoms with E-state index in [0.29, 0.717) is 12.1 Å². The number of carboxylic acid groups (broad SMARTS) is 1. The van der Waals surface area contributed by atoms with Crippen molar-refractivity contribution < 1.29 is 14.7 Å². The number of hydrogen-bond donors (Lipinski definition) is 2. The molecule has 2 heterocycles. The Labute approximate surface area is 116 Å². The number of carboxylic acids is 1. The summed E-state index contributed by atoms with van der Waals surface area (Å²) in [5.74, 6) is -1.14. The average molecular weight is 272 g/mol. The van der Waals surface area contributed by atoms with Gasteiger partial charge in [0.1, 0.15) is 6.04 Å². The molecule has 5 nitrogen and oxygen atoms in total. The van der Waals surface area contributed by atoms with E-state index in [9.17, 15) is 14.7 Å². The lowest BCUT2D eigenvalue weighted by molar-refractivity contribution is -0.142. The van der Waals surface area contributed by atoms with Gasteiger partial charge in [0, 0.05) is 29.2 Å². The highest BCUT2D eigenvalue weighted by atomic mass is 16.4. The number of nitrogens with zero attached hydrogens (tertiary/aromatic N) is 1. The summed E-state index contributed by atoms with van der Waals surface area (Å²) in [6.07, 6.45) is 2.55. The molecular formula is C15H16N2O3. The Morgan fingerprint density at radius 2 is 2.15 bits per heavy atom. The lowest BCUT2D eigenvalue weighted by atomic mass is 10.0. The summed E-state index contributed by atoms with van der Waals surface area (Å²) in [7, 11) is 0. The molecule has 0 aliphatic carbocycles. The normalized spacial score (nSPS) is 22.4. The number of benzene rings is 1. The largest absolute Gasteiger partial charge is 0.480 e. The smallest absolute Gasteiger partial charge is 0.326 e. The molecule has 1 amide bonds. The molecule has 0 radical (unpaired) electrons. The second-order valence-corrected chi connectivity index (χ2v) is 5.33. The summed E-state index contributed by atoms with van der Waals surface area (Å²) >= 11 is 0. The monoisotopic (exact) mass is 272 g/mol. The highest BCUT2D eigenvalue weighted by Crippen LogP contribution is 2.26. The molecule has 1 aromatic carbocycles. The van der Waals surface area contributed by atoms with Gasteiger partial charge in [-0.1, -0.05) is 6.92 Å². The van der Waals surface area contributed by atoms with Gasteiger partial charge < -0.3 is 15.0 Å². The molecule has 2 N–H and O–H groups in total. The fraction of sp³-hybridized carbons (Fsp3) is 0.333. The summed E-state index contributed by atoms with van der Waals surface area (Å²) in [5, 5.41) is 10.2. The third-order valence-corrected chi connectivity index (χ3v) is 4.01. The first-order chi connectivity index (χ1) is 9.58. The van der Waals surface area contributed by atoms with Crippen LogP contribution in [0.1, 0.15) is 23.7 Å². The number of aromatic nitrogens is 1. The number of rotatable bonds is 2. The standard InChI is InChI=1S/C15H16N2O3/c1-9-5-7-17(13(9)15(19)20)14(18)11-2-3-12-10(8-11)4-6-16-12/h2-4,6,8-9,13,16H,5,7H2,1H3,(H,19,20). The van der Waals surface area contributed by atoms with Crippen LogP contribution in [-0.4, -0.2) is 39.5 Å². The van der Waals surface area contributed by atoms with Crippen molar-refractivity contribution in [3.05, 3.63) is 36.0 Å². The molecule has 1 aliphatic rings. The van der Waals surface area contributed by atoms with Crippen molar-refractivity contribution in [1.82, 2.24) is 9.88 Å². The Balaban J connectivity index is 1.93. The molecule has 1 aliphatic heterocycles. The Bertz CT molecular complexity index is 677. The van der Waals surface area contributed by atoms with Gasteiger partial charge in [-0.25, -0.2) is 4.79 Å². The van der Waals surface area contributed by atoms with E-state index in [0.717, 1.165) is 17.3 Å². The van der Waals surface area contributed by atoms with Crippen molar-refractivity contribution in [2.75, 3.05) is 6.54 Å². The quantitative estimate of drug-likeness (QED) is 0.879. The van der Waals surface area contributed by atoms with E-state index in [4.69, 9.17) is 0 Å². The third-order valence-electron chi connectivity index (χ3n) is 4.01. The van der Waals surface area contributed by atoms with Gasteiger partial charge in [0.05, 0.1) is 0 Å². The van der Waals surface area contributed by atoms with Crippen LogP contribution in [0.15, 0.2) is 30.5 Å². The first kappa shape index (κ1) is 12.7. The van der Waals surface area contributed by atoms with E-state index in [-0.39, 0.29) is 11.8 Å². The van der Waals surface area contributed by atoms with Crippen molar-refractivity contribution in [1.29, 1.82) is 0 Å². The number of H-pyrrole nitrogens is 1. The minimum absolute atomic E-state index is 0.00700. The van der Waals surface area contributed by atoms with Crippen molar-refractivity contribution in [3.63, 3.8) is 0 Å². The van der Waals surface area contributed by atoms with Crippen LogP contribution in [0.2, 0.25) is 0 Å². The van der Waals surface area contributed by atoms with E-state index in [2.05, 4.69) is 4.98 Å². The summed E-state index contributed by atoms with van der Waals surface area (Å²) in [6, 6.07) is 6.56. The van der Waals surface area contributed by atoms with Crippen molar-refractivity contribution in [3.8, 4) is 0 Å². The van der Waals surface area contributed by atoms with E-state index >= 15 is 0 Å². The molecule has 0 saturated carbocycles. The highest BCUT2D eigenvalue weighted by Gasteiger charge is 2.39. The van der Waals surface area contributed by atoms with Gasteiger partial charge >= 0.3 is 5.97 Å². The van der Waals surface area contributed by atoms with E-state index in [1.807, 2.05) is 25.3 Å². The molecule has 2 atom stereocenters. The maximum Gasteiger partial charge on any atom is 0.326 e. The topological polar surface area (TPSA) is 73.4 Å². The summed E-state index contributed by atoms with van der Waals surface area (Å²) < 4.78 is 0. The van der Waals surface area contributed by atoms with Crippen LogP contribution in [0.3, 0.4) is 0 Å². The highest BCUT2D eigenvalue weighted by molar-refractivity contribution is 6.00. The van der Waals surface area contributed by atoms with Crippen molar-refractivity contribution in [2.24, 2.45) is 5.92 Å². The van der Waals surface area contributed by atoms with Crippen LogP contribution >= 0.6 is 0 Å². The average Bonchev–Trinajstić information content (AvgIpc) is 3.02. The first-order valence-corrected chi connectivity index (χ1v) is 6.69. The number of carbonyl (C=O) groups is 2. The number of likely N-dealkylation sites (tertiary alicyclic amines) is 1. The van der Waals surface area contributed by atoms with Gasteiger partial charge in [0.25, 0.3) is 5.91 Å². The molecule has 5 heteroatoms. The van der Waals surface area contributed by atoms with Crippen LogP contribution in [0.4, 0.5) is 0 Å². The maximum absolute atomic E-state index is 12.5. The zero-order valence-corrected chi connectivity index (χ0v) is 11.2. The number of nitrogens with one attached hydrogen (secondary N) is 1. The molecule has 2 unspecified atom stereocenters. The molecular weight excluding hydrogens is 256 g/mol. The Morgan fingerprint density at radius 1 is 1.35 bits per heavy atom. The molecule has 2 aromatic rings. The van der Waals surface area contributed by atoms with Crippen molar-refractivity contribution in [2.45, 2.75) is 19.4 Å². The molecule has 0 bridgehead atoms. The van der Waals surface area contributed by atoms with Gasteiger partial charge in [-0.2, -0.15) is 0 Å². The second kappa shape index (κ2) is 4.67. The predicted molar refractivity (Wildman–Crippen MR) is 74.5 cm³/mol. The zero-order valence-electron chi connectivity index (χ0n) is 11.2. The van der Waals surface area contributed by atoms with Gasteiger partial charge in [-0.3, -0.25) is 4.79 Å². The first-order valence-electron chi connectivity index (χ1n) is 6.69. The molecule has 1 saturated heterocycles. The minimum Gasteiger partial charge on any atom is -0.480 e. The fourth-order valence-corrected chi connectivity index (χ4v) is 2.90.